The van der Waals surface area contributed by atoms with Crippen LogP contribution in [-0.4, -0.2) is 36.2 Å². The van der Waals surface area contributed by atoms with Crippen molar-refractivity contribution in [2.75, 3.05) is 23.8 Å². The molecule has 0 unspecified atom stereocenters. The first-order chi connectivity index (χ1) is 22.7. The third-order valence-corrected chi connectivity index (χ3v) is 8.23. The molecule has 11 heteroatoms. The van der Waals surface area contributed by atoms with E-state index in [0.29, 0.717) is 23.5 Å². The van der Waals surface area contributed by atoms with E-state index in [0.717, 1.165) is 38.9 Å². The quantitative estimate of drug-likeness (QED) is 0.0911. The SMILES string of the molecule is CCOc1cc(/C=N/NC(=O)c2ccc(-c3csc(Nc4ccc(C)cc4)n3)cc2)cc(Cl)c1OCC(=O)Nc1cccc(C)c1C. The molecule has 9 nitrogen and oxygen atoms in total. The standard InChI is InChI=1S/C36H34ClN5O4S/c1-5-45-32-18-25(17-29(37)34(32)46-20-33(43)40-30-8-6-7-23(3)24(30)4)19-38-42-35(44)27-13-11-26(12-14-27)31-21-47-36(41-31)39-28-15-9-22(2)10-16-28/h6-19,21H,5,20H2,1-4H3,(H,39,41)(H,40,43)(H,42,44)/b38-19+. The summed E-state index contributed by atoms with van der Waals surface area (Å²) in [5.74, 6) is -0.116. The number of hydrogen-bond donors (Lipinski definition) is 3. The molecule has 4 aromatic carbocycles. The molecule has 3 N–H and O–H groups in total. The summed E-state index contributed by atoms with van der Waals surface area (Å²) in [7, 11) is 0. The minimum absolute atomic E-state index is 0.234. The number of hydrazone groups is 1. The van der Waals surface area contributed by atoms with Gasteiger partial charge in [-0.1, -0.05) is 53.6 Å². The zero-order valence-corrected chi connectivity index (χ0v) is 28.0. The molecule has 5 aromatic rings. The second-order valence-electron chi connectivity index (χ2n) is 10.7. The number of carbonyl (C=O) groups is 2. The van der Waals surface area contributed by atoms with E-state index in [-0.39, 0.29) is 29.2 Å². The van der Waals surface area contributed by atoms with Crippen molar-refractivity contribution in [2.24, 2.45) is 5.10 Å². The number of thiazole rings is 1. The number of nitrogens with zero attached hydrogens (tertiary/aromatic N) is 2. The van der Waals surface area contributed by atoms with Gasteiger partial charge >= 0.3 is 0 Å². The summed E-state index contributed by atoms with van der Waals surface area (Å²) in [6, 6.07) is 24.2. The maximum Gasteiger partial charge on any atom is 0.271 e. The van der Waals surface area contributed by atoms with Crippen LogP contribution in [-0.2, 0) is 4.79 Å². The van der Waals surface area contributed by atoms with Gasteiger partial charge < -0.3 is 20.1 Å². The number of rotatable bonds is 12. The highest BCUT2D eigenvalue weighted by atomic mass is 35.5. The van der Waals surface area contributed by atoms with Gasteiger partial charge in [-0.25, -0.2) is 10.4 Å². The third kappa shape index (κ3) is 8.75. The van der Waals surface area contributed by atoms with Crippen LogP contribution in [0.5, 0.6) is 11.5 Å². The summed E-state index contributed by atoms with van der Waals surface area (Å²) in [4.78, 5) is 30.0. The predicted octanol–water partition coefficient (Wildman–Crippen LogP) is 8.31. The smallest absolute Gasteiger partial charge is 0.271 e. The molecule has 0 aliphatic rings. The molecule has 2 amide bonds. The Kier molecular flexibility index (Phi) is 10.9. The molecule has 0 spiro atoms. The van der Waals surface area contributed by atoms with Gasteiger partial charge in [-0.15, -0.1) is 11.3 Å². The van der Waals surface area contributed by atoms with Crippen LogP contribution in [0.15, 0.2) is 89.3 Å². The molecule has 0 saturated heterocycles. The summed E-state index contributed by atoms with van der Waals surface area (Å²) in [6.45, 7) is 7.88. The molecule has 0 radical (unpaired) electrons. The summed E-state index contributed by atoms with van der Waals surface area (Å²) in [5, 5.41) is 13.3. The van der Waals surface area contributed by atoms with Crippen LogP contribution in [0.2, 0.25) is 5.02 Å². The van der Waals surface area contributed by atoms with Gasteiger partial charge in [0, 0.05) is 27.9 Å². The lowest BCUT2D eigenvalue weighted by Crippen LogP contribution is -2.21. The highest BCUT2D eigenvalue weighted by Crippen LogP contribution is 2.36. The van der Waals surface area contributed by atoms with E-state index in [1.807, 2.05) is 87.7 Å². The van der Waals surface area contributed by atoms with E-state index in [9.17, 15) is 9.59 Å². The van der Waals surface area contributed by atoms with Gasteiger partial charge in [0.15, 0.2) is 23.2 Å². The zero-order chi connectivity index (χ0) is 33.3. The number of ether oxygens (including phenoxy) is 2. The van der Waals surface area contributed by atoms with E-state index in [2.05, 4.69) is 26.1 Å². The molecule has 0 bridgehead atoms. The fourth-order valence-corrected chi connectivity index (χ4v) is 5.54. The van der Waals surface area contributed by atoms with E-state index in [4.69, 9.17) is 21.1 Å². The van der Waals surface area contributed by atoms with Crippen LogP contribution in [0.25, 0.3) is 11.3 Å². The van der Waals surface area contributed by atoms with Crippen molar-refractivity contribution in [3.63, 3.8) is 0 Å². The lowest BCUT2D eigenvalue weighted by Gasteiger charge is -2.15. The number of halogens is 1. The Morgan fingerprint density at radius 3 is 2.49 bits per heavy atom. The third-order valence-electron chi connectivity index (χ3n) is 7.19. The molecule has 0 atom stereocenters. The number of aryl methyl sites for hydroxylation is 2. The van der Waals surface area contributed by atoms with Crippen LogP contribution in [0.1, 0.15) is 39.5 Å². The van der Waals surface area contributed by atoms with Gasteiger partial charge in [0.05, 0.1) is 23.5 Å². The minimum Gasteiger partial charge on any atom is -0.490 e. The van der Waals surface area contributed by atoms with Gasteiger partial charge in [0.2, 0.25) is 0 Å². The Hall–Kier alpha value is -5.19. The van der Waals surface area contributed by atoms with Crippen LogP contribution in [0.3, 0.4) is 0 Å². The fourth-order valence-electron chi connectivity index (χ4n) is 4.52. The van der Waals surface area contributed by atoms with Crippen LogP contribution < -0.4 is 25.5 Å². The first-order valence-corrected chi connectivity index (χ1v) is 16.1. The van der Waals surface area contributed by atoms with Crippen molar-refractivity contribution in [3.8, 4) is 22.8 Å². The molecule has 1 heterocycles. The number of amides is 2. The van der Waals surface area contributed by atoms with Crippen molar-refractivity contribution in [2.45, 2.75) is 27.7 Å². The summed E-state index contributed by atoms with van der Waals surface area (Å²) >= 11 is 8.02. The number of anilines is 3. The molecule has 5 rings (SSSR count). The average molecular weight is 668 g/mol. The van der Waals surface area contributed by atoms with E-state index in [1.54, 1.807) is 24.3 Å². The highest BCUT2D eigenvalue weighted by molar-refractivity contribution is 7.14. The van der Waals surface area contributed by atoms with E-state index >= 15 is 0 Å². The largest absolute Gasteiger partial charge is 0.490 e. The minimum atomic E-state index is -0.376. The Balaban J connectivity index is 1.17. The van der Waals surface area contributed by atoms with Gasteiger partial charge in [-0.05, 0) is 86.8 Å². The molecule has 0 aliphatic heterocycles. The Morgan fingerprint density at radius 1 is 0.979 bits per heavy atom. The Labute approximate surface area is 282 Å². The number of carbonyl (C=O) groups excluding carboxylic acids is 2. The molecular formula is C36H34ClN5O4S. The van der Waals surface area contributed by atoms with Crippen molar-refractivity contribution in [1.82, 2.24) is 10.4 Å². The number of hydrogen-bond acceptors (Lipinski definition) is 8. The predicted molar refractivity (Wildman–Crippen MR) is 190 cm³/mol. The second-order valence-corrected chi connectivity index (χ2v) is 11.9. The summed E-state index contributed by atoms with van der Waals surface area (Å²) < 4.78 is 11.5. The van der Waals surface area contributed by atoms with Gasteiger partial charge in [0.25, 0.3) is 11.8 Å². The zero-order valence-electron chi connectivity index (χ0n) is 26.4. The average Bonchev–Trinajstić information content (AvgIpc) is 3.52. The summed E-state index contributed by atoms with van der Waals surface area (Å²) in [6.07, 6.45) is 1.45. The molecule has 47 heavy (non-hydrogen) atoms. The summed E-state index contributed by atoms with van der Waals surface area (Å²) in [5.41, 5.74) is 10.2. The van der Waals surface area contributed by atoms with Crippen molar-refractivity contribution in [1.29, 1.82) is 0 Å². The van der Waals surface area contributed by atoms with Crippen LogP contribution in [0, 0.1) is 20.8 Å². The second kappa shape index (κ2) is 15.4. The highest BCUT2D eigenvalue weighted by Gasteiger charge is 2.15. The molecule has 0 fully saturated rings. The number of aromatic nitrogens is 1. The maximum atomic E-state index is 12.8. The molecule has 1 aromatic heterocycles. The monoisotopic (exact) mass is 667 g/mol. The van der Waals surface area contributed by atoms with Gasteiger partial charge in [-0.2, -0.15) is 5.10 Å². The lowest BCUT2D eigenvalue weighted by atomic mass is 10.1. The lowest BCUT2D eigenvalue weighted by molar-refractivity contribution is -0.118. The van der Waals surface area contributed by atoms with Crippen molar-refractivity contribution < 1.29 is 19.1 Å². The van der Waals surface area contributed by atoms with Crippen LogP contribution >= 0.6 is 22.9 Å². The van der Waals surface area contributed by atoms with E-state index < -0.39 is 0 Å². The molecule has 0 aliphatic carbocycles. The number of benzene rings is 4. The van der Waals surface area contributed by atoms with Crippen molar-refractivity contribution >= 4 is 57.5 Å². The van der Waals surface area contributed by atoms with Crippen LogP contribution in [0.4, 0.5) is 16.5 Å². The first-order valence-electron chi connectivity index (χ1n) is 14.9. The Morgan fingerprint density at radius 2 is 1.74 bits per heavy atom. The van der Waals surface area contributed by atoms with Gasteiger partial charge in [-0.3, -0.25) is 9.59 Å². The maximum absolute atomic E-state index is 12.8. The fraction of sp³-hybridized carbons (Fsp3) is 0.167. The molecule has 0 saturated carbocycles. The van der Waals surface area contributed by atoms with Gasteiger partial charge in [0.1, 0.15) is 0 Å². The van der Waals surface area contributed by atoms with E-state index in [1.165, 1.54) is 23.1 Å². The molecular weight excluding hydrogens is 634 g/mol. The topological polar surface area (TPSA) is 114 Å². The first kappa shape index (κ1) is 33.2. The molecule has 240 valence electrons. The number of nitrogens with one attached hydrogen (secondary N) is 3. The normalized spacial score (nSPS) is 10.9. The Bertz CT molecular complexity index is 1910. The van der Waals surface area contributed by atoms with Crippen molar-refractivity contribution in [3.05, 3.63) is 117 Å².